The topological polar surface area (TPSA) is 38.2 Å². The van der Waals surface area contributed by atoms with E-state index in [1.807, 2.05) is 6.07 Å². The molecule has 2 aromatic rings. The van der Waals surface area contributed by atoms with Crippen molar-refractivity contribution in [3.63, 3.8) is 0 Å². The molecule has 1 aromatic heterocycles. The SMILES string of the molecule is CCc1cc(N2CCC[C@H](OCc3ccccc3)C2)ncn1. The molecule has 1 aromatic carbocycles. The van der Waals surface area contributed by atoms with Crippen LogP contribution in [0, 0.1) is 0 Å². The maximum Gasteiger partial charge on any atom is 0.132 e. The van der Waals surface area contributed by atoms with Gasteiger partial charge in [0, 0.05) is 24.8 Å². The molecule has 3 rings (SSSR count). The number of benzene rings is 1. The minimum atomic E-state index is 0.272. The van der Waals surface area contributed by atoms with Gasteiger partial charge in [-0.05, 0) is 24.8 Å². The van der Waals surface area contributed by atoms with E-state index < -0.39 is 0 Å². The van der Waals surface area contributed by atoms with Crippen LogP contribution in [0.2, 0.25) is 0 Å². The van der Waals surface area contributed by atoms with Crippen LogP contribution in [0.3, 0.4) is 0 Å². The highest BCUT2D eigenvalue weighted by Crippen LogP contribution is 2.20. The summed E-state index contributed by atoms with van der Waals surface area (Å²) in [6.07, 6.45) is 5.15. The summed E-state index contributed by atoms with van der Waals surface area (Å²) in [6, 6.07) is 12.5. The zero-order valence-electron chi connectivity index (χ0n) is 13.1. The van der Waals surface area contributed by atoms with Crippen LogP contribution >= 0.6 is 0 Å². The first-order valence-corrected chi connectivity index (χ1v) is 8.06. The van der Waals surface area contributed by atoms with Crippen LogP contribution in [0.5, 0.6) is 0 Å². The molecule has 4 nitrogen and oxygen atoms in total. The summed E-state index contributed by atoms with van der Waals surface area (Å²) in [7, 11) is 0. The smallest absolute Gasteiger partial charge is 0.132 e. The normalized spacial score (nSPS) is 18.4. The number of anilines is 1. The second-order valence-electron chi connectivity index (χ2n) is 5.73. The average Bonchev–Trinajstić information content (AvgIpc) is 2.61. The van der Waals surface area contributed by atoms with Gasteiger partial charge in [-0.25, -0.2) is 9.97 Å². The molecule has 0 bridgehead atoms. The highest BCUT2D eigenvalue weighted by molar-refractivity contribution is 5.39. The second kappa shape index (κ2) is 7.36. The van der Waals surface area contributed by atoms with Crippen molar-refractivity contribution in [1.82, 2.24) is 9.97 Å². The monoisotopic (exact) mass is 297 g/mol. The van der Waals surface area contributed by atoms with E-state index in [1.54, 1.807) is 6.33 Å². The summed E-state index contributed by atoms with van der Waals surface area (Å²) < 4.78 is 6.09. The van der Waals surface area contributed by atoms with Crippen molar-refractivity contribution in [3.05, 3.63) is 54.0 Å². The van der Waals surface area contributed by atoms with E-state index in [1.165, 1.54) is 5.56 Å². The number of piperidine rings is 1. The lowest BCUT2D eigenvalue weighted by atomic mass is 10.1. The third-order valence-electron chi connectivity index (χ3n) is 4.10. The molecule has 1 aliphatic heterocycles. The standard InChI is InChI=1S/C18H23N3O/c1-2-16-11-18(20-14-19-16)21-10-6-9-17(12-21)22-13-15-7-4-3-5-8-15/h3-5,7-8,11,14,17H,2,6,9-10,12-13H2,1H3/t17-/m0/s1. The van der Waals surface area contributed by atoms with E-state index in [0.29, 0.717) is 6.61 Å². The van der Waals surface area contributed by atoms with E-state index in [-0.39, 0.29) is 6.10 Å². The van der Waals surface area contributed by atoms with Gasteiger partial charge in [-0.3, -0.25) is 0 Å². The van der Waals surface area contributed by atoms with E-state index in [9.17, 15) is 0 Å². The van der Waals surface area contributed by atoms with Crippen molar-refractivity contribution in [1.29, 1.82) is 0 Å². The number of hydrogen-bond acceptors (Lipinski definition) is 4. The summed E-state index contributed by atoms with van der Waals surface area (Å²) >= 11 is 0. The molecular formula is C18H23N3O. The van der Waals surface area contributed by atoms with E-state index in [2.05, 4.69) is 52.1 Å². The zero-order valence-corrected chi connectivity index (χ0v) is 13.1. The molecule has 116 valence electrons. The average molecular weight is 297 g/mol. The largest absolute Gasteiger partial charge is 0.372 e. The number of hydrogen-bond donors (Lipinski definition) is 0. The molecule has 0 spiro atoms. The minimum absolute atomic E-state index is 0.272. The fourth-order valence-electron chi connectivity index (χ4n) is 2.82. The Balaban J connectivity index is 1.59. The van der Waals surface area contributed by atoms with Crippen LogP contribution in [0.15, 0.2) is 42.7 Å². The van der Waals surface area contributed by atoms with Crippen molar-refractivity contribution in [2.45, 2.75) is 38.9 Å². The van der Waals surface area contributed by atoms with Gasteiger partial charge < -0.3 is 9.64 Å². The first-order chi connectivity index (χ1) is 10.8. The Hall–Kier alpha value is -1.94. The zero-order chi connectivity index (χ0) is 15.2. The molecule has 1 fully saturated rings. The predicted octanol–water partition coefficient (Wildman–Crippen LogP) is 3.22. The number of rotatable bonds is 5. The fraction of sp³-hybridized carbons (Fsp3) is 0.444. The van der Waals surface area contributed by atoms with E-state index >= 15 is 0 Å². The van der Waals surface area contributed by atoms with Crippen LogP contribution in [0.1, 0.15) is 31.0 Å². The molecule has 0 N–H and O–H groups in total. The van der Waals surface area contributed by atoms with Gasteiger partial charge >= 0.3 is 0 Å². The number of aryl methyl sites for hydroxylation is 1. The molecule has 0 saturated carbocycles. The summed E-state index contributed by atoms with van der Waals surface area (Å²) in [5.41, 5.74) is 2.33. The molecule has 0 aliphatic carbocycles. The van der Waals surface area contributed by atoms with Crippen LogP contribution in [0.4, 0.5) is 5.82 Å². The molecule has 2 heterocycles. The maximum absolute atomic E-state index is 6.09. The highest BCUT2D eigenvalue weighted by atomic mass is 16.5. The number of aromatic nitrogens is 2. The van der Waals surface area contributed by atoms with Crippen molar-refractivity contribution in [2.24, 2.45) is 0 Å². The van der Waals surface area contributed by atoms with Crippen molar-refractivity contribution in [2.75, 3.05) is 18.0 Å². The summed E-state index contributed by atoms with van der Waals surface area (Å²) in [5.74, 6) is 1.03. The number of ether oxygens (including phenoxy) is 1. The molecular weight excluding hydrogens is 274 g/mol. The second-order valence-corrected chi connectivity index (χ2v) is 5.73. The lowest BCUT2D eigenvalue weighted by Crippen LogP contribution is -2.40. The first-order valence-electron chi connectivity index (χ1n) is 8.06. The lowest BCUT2D eigenvalue weighted by Gasteiger charge is -2.33. The van der Waals surface area contributed by atoms with Crippen molar-refractivity contribution in [3.8, 4) is 0 Å². The highest BCUT2D eigenvalue weighted by Gasteiger charge is 2.21. The van der Waals surface area contributed by atoms with Gasteiger partial charge in [0.2, 0.25) is 0 Å². The maximum atomic E-state index is 6.09. The Bertz CT molecular complexity index is 588. The quantitative estimate of drug-likeness (QED) is 0.849. The Labute approximate surface area is 132 Å². The fourth-order valence-corrected chi connectivity index (χ4v) is 2.82. The molecule has 0 radical (unpaired) electrons. The Kier molecular flexibility index (Phi) is 5.01. The first kappa shape index (κ1) is 15.0. The Morgan fingerprint density at radius 1 is 1.23 bits per heavy atom. The Morgan fingerprint density at radius 3 is 2.91 bits per heavy atom. The molecule has 0 unspecified atom stereocenters. The summed E-state index contributed by atoms with van der Waals surface area (Å²) in [6.45, 7) is 4.76. The summed E-state index contributed by atoms with van der Waals surface area (Å²) in [5, 5.41) is 0. The molecule has 0 amide bonds. The minimum Gasteiger partial charge on any atom is -0.372 e. The van der Waals surface area contributed by atoms with Crippen LogP contribution in [0.25, 0.3) is 0 Å². The van der Waals surface area contributed by atoms with Crippen LogP contribution in [-0.4, -0.2) is 29.2 Å². The molecule has 22 heavy (non-hydrogen) atoms. The van der Waals surface area contributed by atoms with Crippen LogP contribution in [-0.2, 0) is 17.8 Å². The van der Waals surface area contributed by atoms with Gasteiger partial charge in [0.15, 0.2) is 0 Å². The van der Waals surface area contributed by atoms with E-state index in [0.717, 1.165) is 43.9 Å². The third-order valence-corrected chi connectivity index (χ3v) is 4.10. The van der Waals surface area contributed by atoms with Crippen molar-refractivity contribution < 1.29 is 4.74 Å². The number of nitrogens with zero attached hydrogens (tertiary/aromatic N) is 3. The van der Waals surface area contributed by atoms with Gasteiger partial charge in [0.25, 0.3) is 0 Å². The van der Waals surface area contributed by atoms with E-state index in [4.69, 9.17) is 4.74 Å². The van der Waals surface area contributed by atoms with Gasteiger partial charge in [-0.1, -0.05) is 37.3 Å². The lowest BCUT2D eigenvalue weighted by molar-refractivity contribution is 0.0314. The van der Waals surface area contributed by atoms with Gasteiger partial charge in [0.05, 0.1) is 12.7 Å². The summed E-state index contributed by atoms with van der Waals surface area (Å²) in [4.78, 5) is 11.0. The van der Waals surface area contributed by atoms with Gasteiger partial charge in [-0.2, -0.15) is 0 Å². The third kappa shape index (κ3) is 3.83. The molecule has 1 atom stereocenters. The van der Waals surface area contributed by atoms with Crippen molar-refractivity contribution >= 4 is 5.82 Å². The van der Waals surface area contributed by atoms with Gasteiger partial charge in [-0.15, -0.1) is 0 Å². The van der Waals surface area contributed by atoms with Crippen LogP contribution < -0.4 is 4.90 Å². The molecule has 1 aliphatic rings. The van der Waals surface area contributed by atoms with Gasteiger partial charge in [0.1, 0.15) is 12.1 Å². The Morgan fingerprint density at radius 2 is 2.09 bits per heavy atom. The molecule has 4 heteroatoms. The predicted molar refractivity (Wildman–Crippen MR) is 87.9 cm³/mol. The molecule has 1 saturated heterocycles.